The molecule has 0 atom stereocenters. The van der Waals surface area contributed by atoms with Crippen molar-refractivity contribution in [2.24, 2.45) is 0 Å². The van der Waals surface area contributed by atoms with Gasteiger partial charge >= 0.3 is 0 Å². The summed E-state index contributed by atoms with van der Waals surface area (Å²) in [7, 11) is -3.85. The average molecular weight is 296 g/mol. The van der Waals surface area contributed by atoms with Gasteiger partial charge in [0.15, 0.2) is 10.7 Å². The van der Waals surface area contributed by atoms with Crippen molar-refractivity contribution in [2.45, 2.75) is 32.1 Å². The zero-order valence-electron chi connectivity index (χ0n) is 11.5. The largest absolute Gasteiger partial charge is 0.506 e. The molecule has 0 bridgehead atoms. The van der Waals surface area contributed by atoms with E-state index < -0.39 is 10.0 Å². The molecule has 0 spiro atoms. The first-order chi connectivity index (χ1) is 9.35. The number of anilines is 1. The van der Waals surface area contributed by atoms with Crippen molar-refractivity contribution < 1.29 is 18.0 Å². The number of rotatable bonds is 4. The highest BCUT2D eigenvalue weighted by Crippen LogP contribution is 2.28. The van der Waals surface area contributed by atoms with Gasteiger partial charge in [0.05, 0.1) is 5.69 Å². The molecule has 1 heterocycles. The van der Waals surface area contributed by atoms with Crippen molar-refractivity contribution in [1.29, 1.82) is 0 Å². The Balaban J connectivity index is 2.43. The molecule has 0 saturated carbocycles. The fourth-order valence-corrected chi connectivity index (χ4v) is 3.34. The zero-order chi connectivity index (χ0) is 14.9. The number of hydrogen-bond donors (Lipinski definition) is 2. The summed E-state index contributed by atoms with van der Waals surface area (Å²) < 4.78 is 31.9. The van der Waals surface area contributed by atoms with Crippen LogP contribution in [0.15, 0.2) is 27.6 Å². The molecule has 0 aliphatic carbocycles. The highest BCUT2D eigenvalue weighted by atomic mass is 32.2. The van der Waals surface area contributed by atoms with Gasteiger partial charge in [-0.1, -0.05) is 18.1 Å². The van der Waals surface area contributed by atoms with Gasteiger partial charge in [0.2, 0.25) is 0 Å². The monoisotopic (exact) mass is 296 g/mol. The Morgan fingerprint density at radius 2 is 2.05 bits per heavy atom. The molecule has 2 aromatic rings. The lowest BCUT2D eigenvalue weighted by atomic mass is 10.1. The van der Waals surface area contributed by atoms with E-state index in [4.69, 9.17) is 4.52 Å². The number of nitrogens with zero attached hydrogens (tertiary/aromatic N) is 1. The van der Waals surface area contributed by atoms with Gasteiger partial charge < -0.3 is 9.63 Å². The van der Waals surface area contributed by atoms with Crippen molar-refractivity contribution in [3.63, 3.8) is 0 Å². The molecule has 0 aliphatic rings. The molecule has 2 rings (SSSR count). The van der Waals surface area contributed by atoms with Crippen LogP contribution in [0.25, 0.3) is 0 Å². The van der Waals surface area contributed by atoms with Gasteiger partial charge in [0.25, 0.3) is 10.0 Å². The van der Waals surface area contributed by atoms with E-state index in [0.717, 1.165) is 12.0 Å². The molecule has 0 aliphatic heterocycles. The first kappa shape index (κ1) is 14.4. The highest BCUT2D eigenvalue weighted by molar-refractivity contribution is 7.92. The summed E-state index contributed by atoms with van der Waals surface area (Å²) in [6.45, 7) is 5.02. The molecule has 0 saturated heterocycles. The Morgan fingerprint density at radius 1 is 1.35 bits per heavy atom. The van der Waals surface area contributed by atoms with Crippen molar-refractivity contribution in [3.8, 4) is 5.75 Å². The van der Waals surface area contributed by atoms with Crippen LogP contribution in [0.1, 0.15) is 23.9 Å². The third kappa shape index (κ3) is 2.62. The number of sulfonamides is 1. The quantitative estimate of drug-likeness (QED) is 0.845. The van der Waals surface area contributed by atoms with Crippen molar-refractivity contribution in [2.75, 3.05) is 4.72 Å². The van der Waals surface area contributed by atoms with Gasteiger partial charge in [-0.05, 0) is 38.0 Å². The molecule has 108 valence electrons. The Bertz CT molecular complexity index is 715. The molecule has 7 heteroatoms. The smallest absolute Gasteiger partial charge is 0.267 e. The third-order valence-electron chi connectivity index (χ3n) is 2.95. The molecule has 6 nitrogen and oxygen atoms in total. The lowest BCUT2D eigenvalue weighted by molar-refractivity contribution is 0.390. The lowest BCUT2D eigenvalue weighted by Gasteiger charge is -2.10. The number of aromatic hydroxyl groups is 1. The minimum absolute atomic E-state index is 0.00111. The van der Waals surface area contributed by atoms with Crippen LogP contribution in [0.4, 0.5) is 5.69 Å². The van der Waals surface area contributed by atoms with Gasteiger partial charge in [-0.3, -0.25) is 4.72 Å². The Morgan fingerprint density at radius 3 is 2.60 bits per heavy atom. The molecular weight excluding hydrogens is 280 g/mol. The lowest BCUT2D eigenvalue weighted by Crippen LogP contribution is -2.14. The standard InChI is InChI=1S/C13H16N2O4S/c1-4-10-5-6-12(16)11(7-10)15-20(17,18)13-8(2)14-19-9(13)3/h5-7,15-16H,4H2,1-3H3. The number of aryl methyl sites for hydroxylation is 3. The Hall–Kier alpha value is -2.02. The highest BCUT2D eigenvalue weighted by Gasteiger charge is 2.25. The van der Waals surface area contributed by atoms with Crippen LogP contribution in [0.5, 0.6) is 5.75 Å². The topological polar surface area (TPSA) is 92.4 Å². The van der Waals surface area contributed by atoms with E-state index in [1.807, 2.05) is 6.92 Å². The Kier molecular flexibility index (Phi) is 3.71. The van der Waals surface area contributed by atoms with Crippen LogP contribution in [0, 0.1) is 13.8 Å². The fraction of sp³-hybridized carbons (Fsp3) is 0.308. The maximum Gasteiger partial charge on any atom is 0.267 e. The van der Waals surface area contributed by atoms with E-state index in [-0.39, 0.29) is 27.8 Å². The second kappa shape index (κ2) is 5.16. The number of benzene rings is 1. The summed E-state index contributed by atoms with van der Waals surface area (Å²) in [6, 6.07) is 4.80. The van der Waals surface area contributed by atoms with E-state index in [0.29, 0.717) is 0 Å². The second-order valence-corrected chi connectivity index (χ2v) is 6.08. The molecule has 0 radical (unpaired) electrons. The molecule has 0 unspecified atom stereocenters. The molecule has 20 heavy (non-hydrogen) atoms. The van der Waals surface area contributed by atoms with E-state index >= 15 is 0 Å². The minimum atomic E-state index is -3.85. The first-order valence-electron chi connectivity index (χ1n) is 6.12. The van der Waals surface area contributed by atoms with Crippen molar-refractivity contribution in [1.82, 2.24) is 5.16 Å². The molecule has 0 fully saturated rings. The number of phenols is 1. The molecule has 1 aromatic heterocycles. The predicted molar refractivity (Wildman–Crippen MR) is 74.3 cm³/mol. The second-order valence-electron chi connectivity index (χ2n) is 4.46. The van der Waals surface area contributed by atoms with Gasteiger partial charge in [0, 0.05) is 0 Å². The molecule has 2 N–H and O–H groups in total. The van der Waals surface area contributed by atoms with E-state index in [9.17, 15) is 13.5 Å². The maximum absolute atomic E-state index is 12.3. The van der Waals surface area contributed by atoms with Crippen molar-refractivity contribution in [3.05, 3.63) is 35.2 Å². The summed E-state index contributed by atoms with van der Waals surface area (Å²) in [6.07, 6.45) is 0.736. The van der Waals surface area contributed by atoms with Gasteiger partial charge in [-0.15, -0.1) is 0 Å². The minimum Gasteiger partial charge on any atom is -0.506 e. The van der Waals surface area contributed by atoms with Crippen LogP contribution < -0.4 is 4.72 Å². The van der Waals surface area contributed by atoms with Gasteiger partial charge in [0.1, 0.15) is 11.4 Å². The van der Waals surface area contributed by atoms with E-state index in [1.54, 1.807) is 19.1 Å². The van der Waals surface area contributed by atoms with Crippen molar-refractivity contribution >= 4 is 15.7 Å². The van der Waals surface area contributed by atoms with Crippen LogP contribution in [-0.2, 0) is 16.4 Å². The predicted octanol–water partition coefficient (Wildman–Crippen LogP) is 2.36. The number of nitrogens with one attached hydrogen (secondary N) is 1. The van der Waals surface area contributed by atoms with Crippen LogP contribution in [-0.4, -0.2) is 18.7 Å². The number of hydrogen-bond acceptors (Lipinski definition) is 5. The molecule has 1 aromatic carbocycles. The van der Waals surface area contributed by atoms with Gasteiger partial charge in [-0.25, -0.2) is 8.42 Å². The fourth-order valence-electron chi connectivity index (χ4n) is 1.94. The third-order valence-corrected chi connectivity index (χ3v) is 4.56. The summed E-state index contributed by atoms with van der Waals surface area (Å²) in [5.41, 5.74) is 1.34. The first-order valence-corrected chi connectivity index (χ1v) is 7.61. The number of phenolic OH excluding ortho intramolecular Hbond substituents is 1. The van der Waals surface area contributed by atoms with Crippen LogP contribution >= 0.6 is 0 Å². The summed E-state index contributed by atoms with van der Waals surface area (Å²) in [4.78, 5) is -0.00111. The number of aromatic nitrogens is 1. The van der Waals surface area contributed by atoms with E-state index in [2.05, 4.69) is 9.88 Å². The SMILES string of the molecule is CCc1ccc(O)c(NS(=O)(=O)c2c(C)noc2C)c1. The normalized spacial score (nSPS) is 11.6. The summed E-state index contributed by atoms with van der Waals surface area (Å²) >= 11 is 0. The van der Waals surface area contributed by atoms with Gasteiger partial charge in [-0.2, -0.15) is 0 Å². The van der Waals surface area contributed by atoms with E-state index in [1.165, 1.54) is 13.0 Å². The summed E-state index contributed by atoms with van der Waals surface area (Å²) in [5.74, 6) is 0.0821. The van der Waals surface area contributed by atoms with Crippen LogP contribution in [0.3, 0.4) is 0 Å². The zero-order valence-corrected chi connectivity index (χ0v) is 12.3. The maximum atomic E-state index is 12.3. The molecule has 0 amide bonds. The Labute approximate surface area is 117 Å². The van der Waals surface area contributed by atoms with Crippen LogP contribution in [0.2, 0.25) is 0 Å². The average Bonchev–Trinajstić information content (AvgIpc) is 2.72. The molecular formula is C13H16N2O4S. The summed E-state index contributed by atoms with van der Waals surface area (Å²) in [5, 5.41) is 13.4.